The quantitative estimate of drug-likeness (QED) is 0.179. The molecule has 11 nitrogen and oxygen atoms in total. The lowest BCUT2D eigenvalue weighted by Crippen LogP contribution is -2.56. The van der Waals surface area contributed by atoms with Gasteiger partial charge >= 0.3 is 5.97 Å². The molecule has 0 saturated carbocycles. The molecule has 2 rings (SSSR count). The van der Waals surface area contributed by atoms with Crippen molar-refractivity contribution in [3.8, 4) is 5.75 Å². The molecular weight excluding hydrogens is 466 g/mol. The molecule has 0 aromatic heterocycles. The SMILES string of the molecule is NCCCC(NC(=O)C(N)Cc1ccc(O)cc1)C(=O)NC(Cc1ccccc1)C(=O)NCC(=O)O. The fourth-order valence-electron chi connectivity index (χ4n) is 3.47. The van der Waals surface area contributed by atoms with Crippen molar-refractivity contribution < 1.29 is 29.4 Å². The van der Waals surface area contributed by atoms with Crippen LogP contribution in [-0.2, 0) is 32.0 Å². The number of rotatable bonds is 14. The van der Waals surface area contributed by atoms with E-state index in [2.05, 4.69) is 16.0 Å². The van der Waals surface area contributed by atoms with E-state index in [0.29, 0.717) is 6.42 Å². The highest BCUT2D eigenvalue weighted by atomic mass is 16.4. The largest absolute Gasteiger partial charge is 0.508 e. The minimum atomic E-state index is -1.22. The maximum Gasteiger partial charge on any atom is 0.322 e. The fraction of sp³-hybridized carbons (Fsp3) is 0.360. The van der Waals surface area contributed by atoms with Crippen LogP contribution in [0.25, 0.3) is 0 Å². The molecule has 3 atom stereocenters. The molecule has 0 heterocycles. The third kappa shape index (κ3) is 9.72. The summed E-state index contributed by atoms with van der Waals surface area (Å²) in [5.74, 6) is -2.96. The lowest BCUT2D eigenvalue weighted by atomic mass is 10.0. The molecule has 0 aliphatic rings. The second-order valence-electron chi connectivity index (χ2n) is 8.33. The minimum Gasteiger partial charge on any atom is -0.508 e. The van der Waals surface area contributed by atoms with E-state index in [1.807, 2.05) is 0 Å². The Balaban J connectivity index is 2.10. The highest BCUT2D eigenvalue weighted by molar-refractivity contribution is 5.93. The molecule has 0 radical (unpaired) electrons. The van der Waals surface area contributed by atoms with Crippen LogP contribution in [0.2, 0.25) is 0 Å². The first kappa shape index (κ1) is 28.3. The monoisotopic (exact) mass is 499 g/mol. The number of hydrogen-bond donors (Lipinski definition) is 7. The van der Waals surface area contributed by atoms with Crippen LogP contribution in [0.15, 0.2) is 54.6 Å². The van der Waals surface area contributed by atoms with E-state index in [9.17, 15) is 24.3 Å². The lowest BCUT2D eigenvalue weighted by Gasteiger charge is -2.24. The third-order valence-corrected chi connectivity index (χ3v) is 5.39. The third-order valence-electron chi connectivity index (χ3n) is 5.39. The van der Waals surface area contributed by atoms with Crippen LogP contribution in [-0.4, -0.2) is 65.1 Å². The fourth-order valence-corrected chi connectivity index (χ4v) is 3.47. The van der Waals surface area contributed by atoms with Crippen LogP contribution in [0.3, 0.4) is 0 Å². The van der Waals surface area contributed by atoms with E-state index >= 15 is 0 Å². The zero-order valence-electron chi connectivity index (χ0n) is 19.9. The van der Waals surface area contributed by atoms with Crippen molar-refractivity contribution in [3.05, 3.63) is 65.7 Å². The van der Waals surface area contributed by atoms with Gasteiger partial charge in [0.25, 0.3) is 0 Å². The van der Waals surface area contributed by atoms with Crippen LogP contribution in [0.4, 0.5) is 0 Å². The smallest absolute Gasteiger partial charge is 0.322 e. The number of benzene rings is 2. The summed E-state index contributed by atoms with van der Waals surface area (Å²) in [5.41, 5.74) is 13.1. The number of nitrogens with one attached hydrogen (secondary N) is 3. The minimum absolute atomic E-state index is 0.0905. The molecule has 0 aliphatic heterocycles. The molecule has 36 heavy (non-hydrogen) atoms. The van der Waals surface area contributed by atoms with Gasteiger partial charge in [0.05, 0.1) is 6.04 Å². The van der Waals surface area contributed by atoms with Gasteiger partial charge in [-0.15, -0.1) is 0 Å². The number of carboxylic acids is 1. The van der Waals surface area contributed by atoms with Crippen molar-refractivity contribution in [2.45, 2.75) is 43.8 Å². The number of hydrogen-bond acceptors (Lipinski definition) is 7. The van der Waals surface area contributed by atoms with Gasteiger partial charge in [0.2, 0.25) is 17.7 Å². The van der Waals surface area contributed by atoms with E-state index in [1.165, 1.54) is 12.1 Å². The molecule has 0 aliphatic carbocycles. The number of carbonyl (C=O) groups excluding carboxylic acids is 3. The summed E-state index contributed by atoms with van der Waals surface area (Å²) >= 11 is 0. The molecule has 0 spiro atoms. The Hall–Kier alpha value is -3.96. The molecule has 194 valence electrons. The van der Waals surface area contributed by atoms with E-state index in [0.717, 1.165) is 11.1 Å². The lowest BCUT2D eigenvalue weighted by molar-refractivity contribution is -0.138. The van der Waals surface area contributed by atoms with Gasteiger partial charge in [0.1, 0.15) is 24.4 Å². The van der Waals surface area contributed by atoms with Crippen molar-refractivity contribution in [1.29, 1.82) is 0 Å². The number of phenols is 1. The first-order valence-corrected chi connectivity index (χ1v) is 11.6. The summed E-state index contributed by atoms with van der Waals surface area (Å²) in [6.45, 7) is -0.314. The first-order chi connectivity index (χ1) is 17.2. The molecule has 9 N–H and O–H groups in total. The van der Waals surface area contributed by atoms with E-state index < -0.39 is 48.4 Å². The maximum absolute atomic E-state index is 13.1. The van der Waals surface area contributed by atoms with Gasteiger partial charge in [-0.2, -0.15) is 0 Å². The number of aromatic hydroxyl groups is 1. The van der Waals surface area contributed by atoms with Crippen molar-refractivity contribution >= 4 is 23.7 Å². The number of phenolic OH excluding ortho intramolecular Hbond substituents is 1. The summed E-state index contributed by atoms with van der Waals surface area (Å²) in [6.07, 6.45) is 0.955. The molecule has 0 saturated heterocycles. The average molecular weight is 500 g/mol. The zero-order chi connectivity index (χ0) is 26.5. The highest BCUT2D eigenvalue weighted by Gasteiger charge is 2.28. The van der Waals surface area contributed by atoms with Gasteiger partial charge in [-0.05, 0) is 49.1 Å². The Morgan fingerprint density at radius 1 is 0.806 bits per heavy atom. The molecule has 2 aromatic rings. The van der Waals surface area contributed by atoms with Gasteiger partial charge in [-0.1, -0.05) is 42.5 Å². The number of carboxylic acid groups (broad SMARTS) is 1. The van der Waals surface area contributed by atoms with Crippen molar-refractivity contribution in [2.75, 3.05) is 13.1 Å². The summed E-state index contributed by atoms with van der Waals surface area (Å²) in [7, 11) is 0. The Kier molecular flexibility index (Phi) is 11.3. The predicted octanol–water partition coefficient (Wildman–Crippen LogP) is -0.586. The topological polar surface area (TPSA) is 197 Å². The van der Waals surface area contributed by atoms with Gasteiger partial charge in [-0.3, -0.25) is 19.2 Å². The summed E-state index contributed by atoms with van der Waals surface area (Å²) in [6, 6.07) is 12.2. The Morgan fingerprint density at radius 2 is 1.42 bits per heavy atom. The van der Waals surface area contributed by atoms with E-state index in [-0.39, 0.29) is 31.6 Å². The Morgan fingerprint density at radius 3 is 2.03 bits per heavy atom. The van der Waals surface area contributed by atoms with Gasteiger partial charge in [-0.25, -0.2) is 0 Å². The summed E-state index contributed by atoms with van der Waals surface area (Å²) < 4.78 is 0. The van der Waals surface area contributed by atoms with Crippen LogP contribution >= 0.6 is 0 Å². The Labute approximate surface area is 209 Å². The second kappa shape index (κ2) is 14.4. The molecule has 3 amide bonds. The van der Waals surface area contributed by atoms with Gasteiger partial charge in [0, 0.05) is 6.42 Å². The van der Waals surface area contributed by atoms with Crippen LogP contribution in [0, 0.1) is 0 Å². The molecule has 3 unspecified atom stereocenters. The zero-order valence-corrected chi connectivity index (χ0v) is 19.9. The Bertz CT molecular complexity index is 1020. The van der Waals surface area contributed by atoms with Crippen molar-refractivity contribution in [3.63, 3.8) is 0 Å². The van der Waals surface area contributed by atoms with E-state index in [4.69, 9.17) is 16.6 Å². The molecule has 0 fully saturated rings. The average Bonchev–Trinajstić information content (AvgIpc) is 2.86. The molecular formula is C25H33N5O6. The number of nitrogens with two attached hydrogens (primary N) is 2. The van der Waals surface area contributed by atoms with Gasteiger partial charge < -0.3 is 37.6 Å². The molecule has 2 aromatic carbocycles. The standard InChI is InChI=1S/C25H33N5O6/c26-12-4-7-20(29-23(34)19(27)13-17-8-10-18(31)11-9-17)25(36)30-21(24(35)28-15-22(32)33)14-16-5-2-1-3-6-16/h1-3,5-6,8-11,19-21,31H,4,7,12-15,26-27H2,(H,28,35)(H,29,34)(H,30,36)(H,32,33). The number of aliphatic carboxylic acids is 1. The summed E-state index contributed by atoms with van der Waals surface area (Å²) in [5, 5.41) is 25.8. The second-order valence-corrected chi connectivity index (χ2v) is 8.33. The first-order valence-electron chi connectivity index (χ1n) is 11.6. The van der Waals surface area contributed by atoms with Crippen molar-refractivity contribution in [2.24, 2.45) is 11.5 Å². The van der Waals surface area contributed by atoms with Crippen molar-refractivity contribution in [1.82, 2.24) is 16.0 Å². The van der Waals surface area contributed by atoms with Crippen LogP contribution in [0.1, 0.15) is 24.0 Å². The molecule has 0 bridgehead atoms. The maximum atomic E-state index is 13.1. The predicted molar refractivity (Wildman–Crippen MR) is 133 cm³/mol. The normalized spacial score (nSPS) is 13.2. The number of carbonyl (C=O) groups is 4. The summed E-state index contributed by atoms with van der Waals surface area (Å²) in [4.78, 5) is 49.4. The molecule has 11 heteroatoms. The van der Waals surface area contributed by atoms with Gasteiger partial charge in [0.15, 0.2) is 0 Å². The van der Waals surface area contributed by atoms with E-state index in [1.54, 1.807) is 42.5 Å². The highest BCUT2D eigenvalue weighted by Crippen LogP contribution is 2.11. The number of amides is 3. The van der Waals surface area contributed by atoms with Crippen LogP contribution in [0.5, 0.6) is 5.75 Å². The van der Waals surface area contributed by atoms with Crippen LogP contribution < -0.4 is 27.4 Å².